The standard InChI is InChI=1S/C30H47NO3/c1-18-10-15-30(25(33)34)17-16-28(6)20(24(30)19(18)2)8-9-22-27(5)13-12-23(32)31-26(3,4)21(27)11-14-29(22,28)7/h8,18-19,21-22,24H,9-17H2,1-7H3,(H,31,32)(H,33,34)/t18-,19+,21+,22-,24+,27+,28-,29-,30+/m1/s1. The molecule has 1 aliphatic heterocycles. The second-order valence-electron chi connectivity index (χ2n) is 14.4. The van der Waals surface area contributed by atoms with E-state index in [1.54, 1.807) is 0 Å². The lowest BCUT2D eigenvalue weighted by atomic mass is 9.34. The smallest absolute Gasteiger partial charge is 0.310 e. The number of nitrogens with one attached hydrogen (secondary N) is 1. The number of hydrogen-bond acceptors (Lipinski definition) is 2. The van der Waals surface area contributed by atoms with Crippen molar-refractivity contribution in [2.24, 2.45) is 51.2 Å². The summed E-state index contributed by atoms with van der Waals surface area (Å²) in [5.74, 6) is 1.77. The molecule has 0 aromatic heterocycles. The molecule has 0 aromatic rings. The molecule has 3 saturated carbocycles. The van der Waals surface area contributed by atoms with Gasteiger partial charge in [-0.3, -0.25) is 9.59 Å². The molecule has 0 aromatic carbocycles. The molecule has 4 aliphatic carbocycles. The number of aliphatic carboxylic acids is 1. The van der Waals surface area contributed by atoms with Gasteiger partial charge in [0.15, 0.2) is 0 Å². The van der Waals surface area contributed by atoms with Gasteiger partial charge in [0.2, 0.25) is 5.91 Å². The van der Waals surface area contributed by atoms with E-state index < -0.39 is 11.4 Å². The Morgan fingerprint density at radius 1 is 0.971 bits per heavy atom. The fourth-order valence-electron chi connectivity index (χ4n) is 10.7. The van der Waals surface area contributed by atoms with Crippen LogP contribution in [0.2, 0.25) is 0 Å². The molecule has 34 heavy (non-hydrogen) atoms. The number of rotatable bonds is 1. The van der Waals surface area contributed by atoms with Crippen molar-refractivity contribution < 1.29 is 14.7 Å². The van der Waals surface area contributed by atoms with Crippen LogP contribution in [0.5, 0.6) is 0 Å². The molecule has 9 atom stereocenters. The van der Waals surface area contributed by atoms with Crippen molar-refractivity contribution in [1.82, 2.24) is 5.32 Å². The molecule has 5 aliphatic rings. The third-order valence-electron chi connectivity index (χ3n) is 12.9. The van der Waals surface area contributed by atoms with E-state index in [1.807, 2.05) is 0 Å². The molecular weight excluding hydrogens is 422 g/mol. The van der Waals surface area contributed by atoms with Gasteiger partial charge in [0, 0.05) is 12.0 Å². The van der Waals surface area contributed by atoms with E-state index in [0.717, 1.165) is 44.9 Å². The summed E-state index contributed by atoms with van der Waals surface area (Å²) in [6.07, 6.45) is 11.1. The zero-order valence-electron chi connectivity index (χ0n) is 22.6. The van der Waals surface area contributed by atoms with E-state index in [0.29, 0.717) is 30.1 Å². The number of carbonyl (C=O) groups excluding carboxylic acids is 1. The Labute approximate surface area is 206 Å². The van der Waals surface area contributed by atoms with Crippen molar-refractivity contribution in [3.8, 4) is 0 Å². The van der Waals surface area contributed by atoms with Gasteiger partial charge in [-0.25, -0.2) is 0 Å². The summed E-state index contributed by atoms with van der Waals surface area (Å²) in [6, 6.07) is 0. The number of amides is 1. The number of carbonyl (C=O) groups is 2. The lowest BCUT2D eigenvalue weighted by Crippen LogP contribution is -2.65. The van der Waals surface area contributed by atoms with E-state index in [4.69, 9.17) is 0 Å². The van der Waals surface area contributed by atoms with Crippen LogP contribution in [0.1, 0.15) is 106 Å². The van der Waals surface area contributed by atoms with E-state index in [-0.39, 0.29) is 33.6 Å². The number of hydrogen-bond donors (Lipinski definition) is 2. The highest BCUT2D eigenvalue weighted by Gasteiger charge is 2.68. The normalized spacial score (nSPS) is 52.0. The van der Waals surface area contributed by atoms with Gasteiger partial charge in [0.1, 0.15) is 0 Å². The molecule has 4 fully saturated rings. The molecule has 0 spiro atoms. The molecule has 1 heterocycles. The van der Waals surface area contributed by atoms with Crippen molar-refractivity contribution >= 4 is 11.9 Å². The molecule has 4 heteroatoms. The summed E-state index contributed by atoms with van der Waals surface area (Å²) in [4.78, 5) is 25.5. The van der Waals surface area contributed by atoms with E-state index >= 15 is 0 Å². The lowest BCUT2D eigenvalue weighted by molar-refractivity contribution is -0.178. The van der Waals surface area contributed by atoms with Crippen LogP contribution >= 0.6 is 0 Å². The van der Waals surface area contributed by atoms with Gasteiger partial charge in [0.25, 0.3) is 0 Å². The third-order valence-corrected chi connectivity index (χ3v) is 12.9. The zero-order valence-corrected chi connectivity index (χ0v) is 22.6. The van der Waals surface area contributed by atoms with Crippen LogP contribution in [-0.4, -0.2) is 22.5 Å². The van der Waals surface area contributed by atoms with Crippen LogP contribution in [-0.2, 0) is 9.59 Å². The lowest BCUT2D eigenvalue weighted by Gasteiger charge is -2.69. The van der Waals surface area contributed by atoms with Gasteiger partial charge in [0.05, 0.1) is 5.41 Å². The molecule has 4 nitrogen and oxygen atoms in total. The van der Waals surface area contributed by atoms with Crippen LogP contribution in [0.4, 0.5) is 0 Å². The van der Waals surface area contributed by atoms with E-state index in [9.17, 15) is 14.7 Å². The third kappa shape index (κ3) is 2.89. The highest BCUT2D eigenvalue weighted by Crippen LogP contribution is 2.74. The topological polar surface area (TPSA) is 66.4 Å². The van der Waals surface area contributed by atoms with Crippen molar-refractivity contribution in [3.05, 3.63) is 11.6 Å². The Morgan fingerprint density at radius 2 is 1.68 bits per heavy atom. The van der Waals surface area contributed by atoms with E-state index in [1.165, 1.54) is 12.0 Å². The average Bonchev–Trinajstić information content (AvgIpc) is 2.83. The maximum Gasteiger partial charge on any atom is 0.310 e. The molecule has 5 rings (SSSR count). The maximum atomic E-state index is 12.8. The summed E-state index contributed by atoms with van der Waals surface area (Å²) in [6.45, 7) is 16.7. The summed E-state index contributed by atoms with van der Waals surface area (Å²) in [5, 5.41) is 13.9. The minimum atomic E-state index is -0.581. The van der Waals surface area contributed by atoms with Crippen LogP contribution in [0.25, 0.3) is 0 Å². The first kappa shape index (κ1) is 24.4. The molecule has 0 unspecified atom stereocenters. The van der Waals surface area contributed by atoms with Crippen molar-refractivity contribution in [3.63, 3.8) is 0 Å². The maximum absolute atomic E-state index is 12.8. The van der Waals surface area contributed by atoms with Gasteiger partial charge in [-0.15, -0.1) is 0 Å². The first-order valence-corrected chi connectivity index (χ1v) is 14.0. The Bertz CT molecular complexity index is 937. The Morgan fingerprint density at radius 3 is 2.35 bits per heavy atom. The highest BCUT2D eigenvalue weighted by atomic mass is 16.4. The second-order valence-corrected chi connectivity index (χ2v) is 14.4. The monoisotopic (exact) mass is 469 g/mol. The summed E-state index contributed by atoms with van der Waals surface area (Å²) < 4.78 is 0. The minimum absolute atomic E-state index is 0.0344. The average molecular weight is 470 g/mol. The van der Waals surface area contributed by atoms with Gasteiger partial charge in [-0.1, -0.05) is 46.3 Å². The summed E-state index contributed by atoms with van der Waals surface area (Å²) in [7, 11) is 0. The van der Waals surface area contributed by atoms with Crippen molar-refractivity contribution in [1.29, 1.82) is 0 Å². The molecule has 1 amide bonds. The zero-order chi connectivity index (χ0) is 24.9. The molecule has 0 bridgehead atoms. The van der Waals surface area contributed by atoms with Gasteiger partial charge >= 0.3 is 5.97 Å². The molecular formula is C30H47NO3. The molecule has 0 radical (unpaired) electrons. The highest BCUT2D eigenvalue weighted by molar-refractivity contribution is 5.77. The first-order chi connectivity index (χ1) is 15.7. The fraction of sp³-hybridized carbons (Fsp3) is 0.867. The van der Waals surface area contributed by atoms with Gasteiger partial charge in [-0.2, -0.15) is 0 Å². The molecule has 1 saturated heterocycles. The first-order valence-electron chi connectivity index (χ1n) is 14.0. The van der Waals surface area contributed by atoms with Gasteiger partial charge in [-0.05, 0) is 111 Å². The second kappa shape index (κ2) is 7.35. The van der Waals surface area contributed by atoms with E-state index in [2.05, 4.69) is 59.9 Å². The predicted molar refractivity (Wildman–Crippen MR) is 135 cm³/mol. The van der Waals surface area contributed by atoms with Crippen LogP contribution < -0.4 is 5.32 Å². The predicted octanol–water partition coefficient (Wildman–Crippen LogP) is 6.60. The van der Waals surface area contributed by atoms with Gasteiger partial charge < -0.3 is 10.4 Å². The van der Waals surface area contributed by atoms with Crippen LogP contribution in [0, 0.1) is 51.2 Å². The fourth-order valence-corrected chi connectivity index (χ4v) is 10.7. The SMILES string of the molecule is C[C@H]1[C@H](C)CC[C@]2(C(=O)O)CC[C@]3(C)C(=CC[C@@H]4[C@@]5(C)CCC(=O)NC(C)(C)[C@@H]5CC[C@]43C)[C@H]12. The number of allylic oxidation sites excluding steroid dienone is 2. The quantitative estimate of drug-likeness (QED) is 0.425. The summed E-state index contributed by atoms with van der Waals surface area (Å²) in [5.41, 5.74) is 0.995. The largest absolute Gasteiger partial charge is 0.481 e. The number of carboxylic acid groups (broad SMARTS) is 1. The van der Waals surface area contributed by atoms with Crippen LogP contribution in [0.15, 0.2) is 11.6 Å². The molecule has 190 valence electrons. The number of fused-ring (bicyclic) bond motifs is 7. The minimum Gasteiger partial charge on any atom is -0.481 e. The Kier molecular flexibility index (Phi) is 5.27. The Balaban J connectivity index is 1.62. The van der Waals surface area contributed by atoms with Crippen LogP contribution in [0.3, 0.4) is 0 Å². The van der Waals surface area contributed by atoms with Crippen molar-refractivity contribution in [2.75, 3.05) is 0 Å². The van der Waals surface area contributed by atoms with Crippen molar-refractivity contribution in [2.45, 2.75) is 112 Å². The summed E-state index contributed by atoms with van der Waals surface area (Å²) >= 11 is 0. The molecule has 2 N–H and O–H groups in total. The Hall–Kier alpha value is -1.32. The number of carboxylic acids is 1.